The van der Waals surface area contributed by atoms with Crippen molar-refractivity contribution in [1.29, 1.82) is 0 Å². The average molecular weight is 1020 g/mol. The summed E-state index contributed by atoms with van der Waals surface area (Å²) in [5, 5.41) is 1.45. The summed E-state index contributed by atoms with van der Waals surface area (Å²) in [4.78, 5) is 41.1. The quantitative estimate of drug-likeness (QED) is 0.0467. The molecule has 0 aromatic carbocycles. The molecule has 0 amide bonds. The van der Waals surface area contributed by atoms with Crippen LogP contribution < -0.4 is 17.1 Å². The summed E-state index contributed by atoms with van der Waals surface area (Å²) in [5.74, 6) is 0. The molecule has 0 saturated carbocycles. The van der Waals surface area contributed by atoms with Crippen molar-refractivity contribution in [3.8, 4) is 0 Å². The molecule has 0 unspecified atom stereocenters. The minimum absolute atomic E-state index is 0.0344. The van der Waals surface area contributed by atoms with Crippen LogP contribution in [0.4, 0.5) is 0 Å². The zero-order valence-electron chi connectivity index (χ0n) is 45.0. The van der Waals surface area contributed by atoms with Crippen molar-refractivity contribution in [2.24, 2.45) is 0 Å². The summed E-state index contributed by atoms with van der Waals surface area (Å²) in [6.45, 7) is 6.87. The van der Waals surface area contributed by atoms with Crippen LogP contribution in [0.25, 0.3) is 0 Å². The number of hydrogen-bond donors (Lipinski definition) is 0. The van der Waals surface area contributed by atoms with E-state index in [2.05, 4.69) is 20.8 Å². The Balaban J connectivity index is 2.61. The van der Waals surface area contributed by atoms with Crippen LogP contribution in [0.2, 0.25) is 0 Å². The lowest BCUT2D eigenvalue weighted by Crippen LogP contribution is -2.55. The largest absolute Gasteiger partial charge is 0.485 e. The lowest BCUT2D eigenvalue weighted by Gasteiger charge is -2.15. The smallest absolute Gasteiger partial charge is 0.336 e. The molecule has 0 aliphatic carbocycles. The Morgan fingerprint density at radius 2 is 0.449 bits per heavy atom. The first-order valence-electron chi connectivity index (χ1n) is 29.2. The maximum Gasteiger partial charge on any atom is 0.336 e. The molecule has 0 spiro atoms. The van der Waals surface area contributed by atoms with Crippen molar-refractivity contribution in [3.05, 3.63) is 31.5 Å². The van der Waals surface area contributed by atoms with E-state index in [4.69, 9.17) is 50.9 Å². The average Bonchev–Trinajstić information content (AvgIpc) is 3.34. The minimum Gasteiger partial charge on any atom is -0.485 e. The normalized spacial score (nSPS) is 11.3. The Bertz CT molecular complexity index is 1360. The molecule has 0 radical (unpaired) electrons. The van der Waals surface area contributed by atoms with E-state index in [-0.39, 0.29) is 39.5 Å². The molecule has 0 bridgehead atoms. The standard InChI is InChI=1S/C57H105N3O6S3/c1-4-7-10-13-16-19-22-25-28-31-34-37-40-43-52(67)64-49-46-58-55(61)59(47-50-65-53(68)44-41-38-35-32-29-26-23-20-17-14-11-8-5-2)57(63)60(56(58)62)48-51-66-54(69)45-42-39-36-33-30-27-24-21-18-15-12-9-6-3/h4-51H2,1-3H3. The fraction of sp³-hybridized carbons (Fsp3) is 0.895. The summed E-state index contributed by atoms with van der Waals surface area (Å²) < 4.78 is 20.7. The van der Waals surface area contributed by atoms with Gasteiger partial charge in [0.25, 0.3) is 0 Å². The van der Waals surface area contributed by atoms with Crippen LogP contribution in [0, 0.1) is 0 Å². The highest BCUT2D eigenvalue weighted by atomic mass is 32.1. The van der Waals surface area contributed by atoms with Gasteiger partial charge in [-0.1, -0.05) is 252 Å². The van der Waals surface area contributed by atoms with Gasteiger partial charge in [-0.2, -0.15) is 0 Å². The topological polar surface area (TPSA) is 93.7 Å². The molecule has 12 heteroatoms. The molecule has 0 atom stereocenters. The molecule has 69 heavy (non-hydrogen) atoms. The van der Waals surface area contributed by atoms with Crippen molar-refractivity contribution < 1.29 is 14.2 Å². The van der Waals surface area contributed by atoms with E-state index in [0.29, 0.717) is 34.4 Å². The van der Waals surface area contributed by atoms with Gasteiger partial charge in [0, 0.05) is 19.3 Å². The number of aromatic nitrogens is 3. The van der Waals surface area contributed by atoms with Crippen LogP contribution >= 0.6 is 36.7 Å². The second kappa shape index (κ2) is 48.4. The first-order chi connectivity index (χ1) is 33.8. The molecule has 1 aromatic heterocycles. The Morgan fingerprint density at radius 1 is 0.290 bits per heavy atom. The van der Waals surface area contributed by atoms with Crippen LogP contribution in [-0.2, 0) is 33.8 Å². The second-order valence-electron chi connectivity index (χ2n) is 19.9. The zero-order chi connectivity index (χ0) is 50.3. The lowest BCUT2D eigenvalue weighted by molar-refractivity contribution is 0.247. The maximum atomic E-state index is 13.7. The van der Waals surface area contributed by atoms with E-state index < -0.39 is 17.1 Å². The molecule has 1 rings (SSSR count). The summed E-state index contributed by atoms with van der Waals surface area (Å²) in [6, 6.07) is 0. The Kier molecular flexibility index (Phi) is 45.6. The van der Waals surface area contributed by atoms with Crippen LogP contribution in [-0.4, -0.2) is 48.7 Å². The van der Waals surface area contributed by atoms with Crippen molar-refractivity contribution in [2.75, 3.05) is 19.8 Å². The highest BCUT2D eigenvalue weighted by Crippen LogP contribution is 2.16. The van der Waals surface area contributed by atoms with Gasteiger partial charge in [0.05, 0.1) is 19.6 Å². The van der Waals surface area contributed by atoms with Crippen LogP contribution in [0.3, 0.4) is 0 Å². The van der Waals surface area contributed by atoms with E-state index in [1.54, 1.807) is 0 Å². The number of ether oxygens (including phenoxy) is 3. The van der Waals surface area contributed by atoms with Gasteiger partial charge in [-0.3, -0.25) is 0 Å². The SMILES string of the molecule is CCCCCCCCCCCCCCCC(=S)OCCn1c(=O)n(CCOC(=S)CCCCCCCCCCCCCCC)c(=O)n(CCOC(=S)CCCCCCCCCCCCCCC)c1=O. The number of rotatable bonds is 51. The van der Waals surface area contributed by atoms with Crippen molar-refractivity contribution in [3.63, 3.8) is 0 Å². The van der Waals surface area contributed by atoms with Gasteiger partial charge in [-0.15, -0.1) is 0 Å². The predicted molar refractivity (Wildman–Crippen MR) is 306 cm³/mol. The molecule has 0 saturated heterocycles. The highest BCUT2D eigenvalue weighted by Gasteiger charge is 2.17. The van der Waals surface area contributed by atoms with Gasteiger partial charge in [0.1, 0.15) is 19.8 Å². The third-order valence-electron chi connectivity index (χ3n) is 13.6. The first kappa shape index (κ1) is 65.1. The van der Waals surface area contributed by atoms with Gasteiger partial charge in [-0.25, -0.2) is 28.1 Å². The van der Waals surface area contributed by atoms with E-state index in [1.165, 1.54) is 212 Å². The number of nitrogens with zero attached hydrogens (tertiary/aromatic N) is 3. The lowest BCUT2D eigenvalue weighted by atomic mass is 10.0. The van der Waals surface area contributed by atoms with E-state index >= 15 is 0 Å². The molecule has 1 heterocycles. The molecular formula is C57H105N3O6S3. The number of unbranched alkanes of at least 4 members (excludes halogenated alkanes) is 36. The van der Waals surface area contributed by atoms with Gasteiger partial charge < -0.3 is 14.2 Å². The Morgan fingerprint density at radius 3 is 0.623 bits per heavy atom. The number of thiocarbonyl (C=S) groups is 3. The first-order valence-corrected chi connectivity index (χ1v) is 30.4. The Hall–Kier alpha value is -1.92. The third-order valence-corrected chi connectivity index (χ3v) is 14.5. The summed E-state index contributed by atoms with van der Waals surface area (Å²) >= 11 is 16.6. The van der Waals surface area contributed by atoms with Crippen molar-refractivity contribution in [2.45, 2.75) is 310 Å². The fourth-order valence-electron chi connectivity index (χ4n) is 9.09. The molecular weight excluding hydrogens is 919 g/mol. The summed E-state index contributed by atoms with van der Waals surface area (Å²) in [7, 11) is 0. The maximum absolute atomic E-state index is 13.7. The zero-order valence-corrected chi connectivity index (χ0v) is 47.4. The highest BCUT2D eigenvalue weighted by molar-refractivity contribution is 7.80. The van der Waals surface area contributed by atoms with E-state index in [1.807, 2.05) is 0 Å². The fourth-order valence-corrected chi connectivity index (χ4v) is 9.77. The van der Waals surface area contributed by atoms with Gasteiger partial charge in [0.2, 0.25) is 0 Å². The van der Waals surface area contributed by atoms with Gasteiger partial charge in [-0.05, 0) is 55.9 Å². The van der Waals surface area contributed by atoms with Gasteiger partial charge in [0.15, 0.2) is 15.2 Å². The van der Waals surface area contributed by atoms with E-state index in [9.17, 15) is 14.4 Å². The summed E-state index contributed by atoms with van der Waals surface area (Å²) in [5.41, 5.74) is -2.09. The van der Waals surface area contributed by atoms with Crippen LogP contribution in [0.5, 0.6) is 0 Å². The molecule has 402 valence electrons. The van der Waals surface area contributed by atoms with Crippen LogP contribution in [0.1, 0.15) is 290 Å². The van der Waals surface area contributed by atoms with Crippen LogP contribution in [0.15, 0.2) is 14.4 Å². The Labute approximate surface area is 438 Å². The minimum atomic E-state index is -0.697. The monoisotopic (exact) mass is 1020 g/mol. The van der Waals surface area contributed by atoms with Crippen molar-refractivity contribution in [1.82, 2.24) is 13.7 Å². The van der Waals surface area contributed by atoms with E-state index in [0.717, 1.165) is 52.2 Å². The second-order valence-corrected chi connectivity index (χ2v) is 21.3. The molecule has 0 N–H and O–H groups in total. The third kappa shape index (κ3) is 37.5. The summed E-state index contributed by atoms with van der Waals surface area (Å²) in [6.07, 6.45) is 51.9. The van der Waals surface area contributed by atoms with Gasteiger partial charge >= 0.3 is 17.1 Å². The molecule has 0 aliphatic heterocycles. The molecule has 9 nitrogen and oxygen atoms in total. The molecule has 0 fully saturated rings. The molecule has 1 aromatic rings. The van der Waals surface area contributed by atoms with Crippen molar-refractivity contribution >= 4 is 51.8 Å². The molecule has 0 aliphatic rings. The number of hydrogen-bond acceptors (Lipinski definition) is 9. The predicted octanol–water partition coefficient (Wildman–Crippen LogP) is 16.6.